The molecule has 1 atom stereocenters. The van der Waals surface area contributed by atoms with Crippen LogP contribution in [0, 0.1) is 6.92 Å². The molecule has 2 aromatic carbocycles. The number of hydrogen-bond donors (Lipinski definition) is 2. The summed E-state index contributed by atoms with van der Waals surface area (Å²) in [6, 6.07) is 11.2. The standard InChI is InChI=1S/C23H30N2O4S/c1-6-27-20-13-12-17(14-21(20)28-7-2)16(5)24-23(30)25-19-11-9-10-18(15(19)4)22(26)29-8-3/h9-14,16H,6-8H2,1-5H3,(H2,24,25,30). The van der Waals surface area contributed by atoms with Gasteiger partial charge in [-0.05, 0) is 82.2 Å². The molecule has 0 fully saturated rings. The number of rotatable bonds is 9. The first-order chi connectivity index (χ1) is 14.4. The summed E-state index contributed by atoms with van der Waals surface area (Å²) >= 11 is 5.49. The Morgan fingerprint density at radius 1 is 1.03 bits per heavy atom. The fourth-order valence-electron chi connectivity index (χ4n) is 2.98. The lowest BCUT2D eigenvalue weighted by molar-refractivity contribution is 0.0525. The van der Waals surface area contributed by atoms with Crippen molar-refractivity contribution < 1.29 is 19.0 Å². The zero-order valence-corrected chi connectivity index (χ0v) is 19.0. The summed E-state index contributed by atoms with van der Waals surface area (Å²) in [5.74, 6) is 1.09. The Morgan fingerprint density at radius 2 is 1.73 bits per heavy atom. The quantitative estimate of drug-likeness (QED) is 0.428. The van der Waals surface area contributed by atoms with Crippen molar-refractivity contribution in [1.29, 1.82) is 0 Å². The molecule has 0 spiro atoms. The number of anilines is 1. The fraction of sp³-hybridized carbons (Fsp3) is 0.391. The van der Waals surface area contributed by atoms with Crippen LogP contribution in [0.5, 0.6) is 11.5 Å². The Labute approximate surface area is 183 Å². The highest BCUT2D eigenvalue weighted by Crippen LogP contribution is 2.31. The zero-order valence-electron chi connectivity index (χ0n) is 18.2. The predicted octanol–water partition coefficient (Wildman–Crippen LogP) is 5.02. The molecule has 0 aliphatic rings. The highest BCUT2D eigenvalue weighted by Gasteiger charge is 2.15. The van der Waals surface area contributed by atoms with Crippen LogP contribution >= 0.6 is 12.2 Å². The summed E-state index contributed by atoms with van der Waals surface area (Å²) in [4.78, 5) is 12.1. The van der Waals surface area contributed by atoms with Crippen molar-refractivity contribution in [3.05, 3.63) is 53.1 Å². The van der Waals surface area contributed by atoms with Crippen LogP contribution in [0.4, 0.5) is 5.69 Å². The fourth-order valence-corrected chi connectivity index (χ4v) is 3.26. The monoisotopic (exact) mass is 430 g/mol. The Kier molecular flexibility index (Phi) is 8.92. The SMILES string of the molecule is CCOC(=O)c1cccc(NC(=S)NC(C)c2ccc(OCC)c(OCC)c2)c1C. The molecule has 0 amide bonds. The molecule has 0 saturated heterocycles. The minimum atomic E-state index is -0.344. The molecule has 0 bridgehead atoms. The minimum absolute atomic E-state index is 0.0616. The lowest BCUT2D eigenvalue weighted by Crippen LogP contribution is -2.31. The van der Waals surface area contributed by atoms with E-state index >= 15 is 0 Å². The second-order valence-corrected chi connectivity index (χ2v) is 7.00. The van der Waals surface area contributed by atoms with E-state index in [0.29, 0.717) is 36.2 Å². The topological polar surface area (TPSA) is 68.8 Å². The van der Waals surface area contributed by atoms with Crippen molar-refractivity contribution in [3.63, 3.8) is 0 Å². The van der Waals surface area contributed by atoms with E-state index in [1.807, 2.05) is 52.0 Å². The smallest absolute Gasteiger partial charge is 0.338 e. The van der Waals surface area contributed by atoms with Crippen LogP contribution in [-0.4, -0.2) is 30.9 Å². The van der Waals surface area contributed by atoms with Crippen molar-refractivity contribution in [2.75, 3.05) is 25.1 Å². The lowest BCUT2D eigenvalue weighted by Gasteiger charge is -2.20. The summed E-state index contributed by atoms with van der Waals surface area (Å²) in [5.41, 5.74) is 3.08. The van der Waals surface area contributed by atoms with Crippen LogP contribution in [-0.2, 0) is 4.74 Å². The largest absolute Gasteiger partial charge is 0.490 e. The van der Waals surface area contributed by atoms with E-state index in [9.17, 15) is 4.79 Å². The third-order valence-electron chi connectivity index (χ3n) is 4.49. The Balaban J connectivity index is 2.10. The molecule has 0 aromatic heterocycles. The molecule has 7 heteroatoms. The number of nitrogens with one attached hydrogen (secondary N) is 2. The summed E-state index contributed by atoms with van der Waals surface area (Å²) in [6.07, 6.45) is 0. The molecule has 162 valence electrons. The number of hydrogen-bond acceptors (Lipinski definition) is 5. The van der Waals surface area contributed by atoms with E-state index in [1.54, 1.807) is 19.1 Å². The van der Waals surface area contributed by atoms with Gasteiger partial charge in [-0.3, -0.25) is 0 Å². The second kappa shape index (κ2) is 11.4. The maximum Gasteiger partial charge on any atom is 0.338 e. The molecular weight excluding hydrogens is 400 g/mol. The maximum atomic E-state index is 12.1. The Hall–Kier alpha value is -2.80. The molecule has 0 heterocycles. The maximum absolute atomic E-state index is 12.1. The first-order valence-corrected chi connectivity index (χ1v) is 10.6. The van der Waals surface area contributed by atoms with E-state index in [1.165, 1.54) is 0 Å². The van der Waals surface area contributed by atoms with Gasteiger partial charge in [0.2, 0.25) is 0 Å². The number of esters is 1. The van der Waals surface area contributed by atoms with E-state index in [2.05, 4.69) is 10.6 Å². The van der Waals surface area contributed by atoms with E-state index in [-0.39, 0.29) is 12.0 Å². The van der Waals surface area contributed by atoms with Crippen LogP contribution in [0.25, 0.3) is 0 Å². The molecule has 1 unspecified atom stereocenters. The van der Waals surface area contributed by atoms with Gasteiger partial charge in [-0.2, -0.15) is 0 Å². The van der Waals surface area contributed by atoms with Gasteiger partial charge in [0.15, 0.2) is 16.6 Å². The van der Waals surface area contributed by atoms with Gasteiger partial charge in [-0.15, -0.1) is 0 Å². The Bertz CT molecular complexity index is 886. The minimum Gasteiger partial charge on any atom is -0.490 e. The van der Waals surface area contributed by atoms with Crippen LogP contribution in [0.3, 0.4) is 0 Å². The number of carbonyl (C=O) groups is 1. The molecule has 0 aliphatic carbocycles. The van der Waals surface area contributed by atoms with Gasteiger partial charge in [0.25, 0.3) is 0 Å². The molecular formula is C23H30N2O4S. The van der Waals surface area contributed by atoms with E-state index in [4.69, 9.17) is 26.4 Å². The molecule has 30 heavy (non-hydrogen) atoms. The number of ether oxygens (including phenoxy) is 3. The second-order valence-electron chi connectivity index (χ2n) is 6.59. The Morgan fingerprint density at radius 3 is 2.40 bits per heavy atom. The third-order valence-corrected chi connectivity index (χ3v) is 4.71. The summed E-state index contributed by atoms with van der Waals surface area (Å²) in [6.45, 7) is 11.0. The third kappa shape index (κ3) is 6.10. The average molecular weight is 431 g/mol. The molecule has 2 aromatic rings. The normalized spacial score (nSPS) is 11.4. The number of benzene rings is 2. The van der Waals surface area contributed by atoms with Gasteiger partial charge in [-0.1, -0.05) is 12.1 Å². The average Bonchev–Trinajstić information content (AvgIpc) is 2.71. The van der Waals surface area contributed by atoms with Gasteiger partial charge in [0, 0.05) is 5.69 Å². The molecule has 2 rings (SSSR count). The molecule has 2 N–H and O–H groups in total. The van der Waals surface area contributed by atoms with Crippen LogP contribution in [0.15, 0.2) is 36.4 Å². The van der Waals surface area contributed by atoms with Crippen LogP contribution in [0.1, 0.15) is 55.2 Å². The van der Waals surface area contributed by atoms with Crippen molar-refractivity contribution in [3.8, 4) is 11.5 Å². The summed E-state index contributed by atoms with van der Waals surface area (Å²) < 4.78 is 16.4. The summed E-state index contributed by atoms with van der Waals surface area (Å²) in [7, 11) is 0. The number of carbonyl (C=O) groups excluding carboxylic acids is 1. The van der Waals surface area contributed by atoms with Gasteiger partial charge in [0.1, 0.15) is 0 Å². The first kappa shape index (κ1) is 23.5. The van der Waals surface area contributed by atoms with Gasteiger partial charge in [0.05, 0.1) is 31.4 Å². The lowest BCUT2D eigenvalue weighted by atomic mass is 10.1. The first-order valence-electron chi connectivity index (χ1n) is 10.1. The molecule has 0 aliphatic heterocycles. The van der Waals surface area contributed by atoms with Crippen molar-refractivity contribution in [1.82, 2.24) is 5.32 Å². The van der Waals surface area contributed by atoms with Crippen LogP contribution in [0.2, 0.25) is 0 Å². The van der Waals surface area contributed by atoms with Crippen molar-refractivity contribution >= 4 is 29.0 Å². The highest BCUT2D eigenvalue weighted by atomic mass is 32.1. The van der Waals surface area contributed by atoms with Gasteiger partial charge in [-0.25, -0.2) is 4.79 Å². The van der Waals surface area contributed by atoms with Crippen LogP contribution < -0.4 is 20.1 Å². The van der Waals surface area contributed by atoms with E-state index in [0.717, 1.165) is 22.6 Å². The van der Waals surface area contributed by atoms with E-state index < -0.39 is 0 Å². The molecule has 0 radical (unpaired) electrons. The van der Waals surface area contributed by atoms with Crippen molar-refractivity contribution in [2.24, 2.45) is 0 Å². The zero-order chi connectivity index (χ0) is 22.1. The highest BCUT2D eigenvalue weighted by molar-refractivity contribution is 7.80. The van der Waals surface area contributed by atoms with Crippen molar-refractivity contribution in [2.45, 2.75) is 40.7 Å². The molecule has 6 nitrogen and oxygen atoms in total. The predicted molar refractivity (Wildman–Crippen MR) is 124 cm³/mol. The van der Waals surface area contributed by atoms with Gasteiger partial charge < -0.3 is 24.8 Å². The van der Waals surface area contributed by atoms with Gasteiger partial charge >= 0.3 is 5.97 Å². The molecule has 0 saturated carbocycles. The summed E-state index contributed by atoms with van der Waals surface area (Å²) in [5, 5.41) is 6.91. The number of thiocarbonyl (C=S) groups is 1.